The fourth-order valence-electron chi connectivity index (χ4n) is 1.58. The fourth-order valence-corrected chi connectivity index (χ4v) is 2.41. The van der Waals surface area contributed by atoms with Crippen LogP contribution >= 0.6 is 22.9 Å². The van der Waals surface area contributed by atoms with Crippen LogP contribution in [0.4, 0.5) is 4.39 Å². The van der Waals surface area contributed by atoms with E-state index in [0.717, 1.165) is 0 Å². The molecule has 0 bridgehead atoms. The van der Waals surface area contributed by atoms with Gasteiger partial charge < -0.3 is 0 Å². The zero-order valence-corrected chi connectivity index (χ0v) is 10.6. The number of nitriles is 1. The number of hydrogen-bond acceptors (Lipinski definition) is 3. The van der Waals surface area contributed by atoms with Crippen molar-refractivity contribution in [3.8, 4) is 6.07 Å². The molecule has 0 saturated heterocycles. The van der Waals surface area contributed by atoms with Gasteiger partial charge in [-0.15, -0.1) is 0 Å². The Morgan fingerprint density at radius 3 is 2.83 bits per heavy atom. The third-order valence-electron chi connectivity index (χ3n) is 2.49. The number of halogens is 2. The van der Waals surface area contributed by atoms with Crippen LogP contribution in [0, 0.1) is 17.1 Å². The molecule has 1 aromatic heterocycles. The van der Waals surface area contributed by atoms with Gasteiger partial charge in [0.05, 0.1) is 11.1 Å². The molecule has 0 amide bonds. The summed E-state index contributed by atoms with van der Waals surface area (Å²) in [5, 5.41) is 12.4. The first-order valence-electron chi connectivity index (χ1n) is 5.05. The first kappa shape index (κ1) is 12.7. The second-order valence-electron chi connectivity index (χ2n) is 3.58. The Bertz CT molecular complexity index is 618. The van der Waals surface area contributed by atoms with Crippen molar-refractivity contribution in [3.63, 3.8) is 0 Å². The summed E-state index contributed by atoms with van der Waals surface area (Å²) in [7, 11) is 0. The van der Waals surface area contributed by atoms with Gasteiger partial charge in [0, 0.05) is 16.5 Å². The Morgan fingerprint density at radius 2 is 2.22 bits per heavy atom. The average Bonchev–Trinajstić information content (AvgIpc) is 2.89. The molecule has 0 N–H and O–H groups in total. The highest BCUT2D eigenvalue weighted by molar-refractivity contribution is 7.08. The lowest BCUT2D eigenvalue weighted by Gasteiger charge is -2.09. The maximum absolute atomic E-state index is 13.8. The molecule has 0 radical (unpaired) electrons. The summed E-state index contributed by atoms with van der Waals surface area (Å²) in [6, 6.07) is 7.74. The summed E-state index contributed by atoms with van der Waals surface area (Å²) in [5.41, 5.74) is 0.423. The standard InChI is InChI=1S/C13H7ClFNOS/c14-11-3-1-2-9(12(11)15)10(6-16)13(17)8-4-5-18-7-8/h1-5,7,10H. The van der Waals surface area contributed by atoms with E-state index >= 15 is 0 Å². The molecule has 2 rings (SSSR count). The normalized spacial score (nSPS) is 11.8. The van der Waals surface area contributed by atoms with Gasteiger partial charge in [-0.2, -0.15) is 16.6 Å². The molecular formula is C13H7ClFNOS. The van der Waals surface area contributed by atoms with Crippen molar-refractivity contribution in [2.45, 2.75) is 5.92 Å². The minimum absolute atomic E-state index is 0.0150. The van der Waals surface area contributed by atoms with Crippen LogP contribution in [0.2, 0.25) is 5.02 Å². The van der Waals surface area contributed by atoms with Gasteiger partial charge in [0.2, 0.25) is 0 Å². The monoisotopic (exact) mass is 279 g/mol. The van der Waals surface area contributed by atoms with Gasteiger partial charge in [-0.25, -0.2) is 4.39 Å². The maximum Gasteiger partial charge on any atom is 0.185 e. The number of nitrogens with zero attached hydrogens (tertiary/aromatic N) is 1. The Labute approximate surface area is 112 Å². The summed E-state index contributed by atoms with van der Waals surface area (Å²) in [5.74, 6) is -2.30. The van der Waals surface area contributed by atoms with E-state index in [1.807, 2.05) is 6.07 Å². The van der Waals surface area contributed by atoms with E-state index in [2.05, 4.69) is 0 Å². The van der Waals surface area contributed by atoms with Crippen molar-refractivity contribution in [1.29, 1.82) is 5.26 Å². The van der Waals surface area contributed by atoms with Gasteiger partial charge in [0.1, 0.15) is 11.7 Å². The second kappa shape index (κ2) is 5.30. The lowest BCUT2D eigenvalue weighted by atomic mass is 9.93. The van der Waals surface area contributed by atoms with E-state index < -0.39 is 17.5 Å². The third kappa shape index (κ3) is 2.28. The Kier molecular flexibility index (Phi) is 3.75. The van der Waals surface area contributed by atoms with E-state index in [0.29, 0.717) is 5.56 Å². The Hall–Kier alpha value is -1.70. The molecule has 1 aromatic carbocycles. The smallest absolute Gasteiger partial charge is 0.185 e. The SMILES string of the molecule is N#CC(C(=O)c1ccsc1)c1cccc(Cl)c1F. The van der Waals surface area contributed by atoms with Crippen LogP contribution in [-0.2, 0) is 0 Å². The van der Waals surface area contributed by atoms with Crippen LogP contribution in [-0.4, -0.2) is 5.78 Å². The van der Waals surface area contributed by atoms with Crippen molar-refractivity contribution in [1.82, 2.24) is 0 Å². The molecule has 5 heteroatoms. The largest absolute Gasteiger partial charge is 0.292 e. The summed E-state index contributed by atoms with van der Waals surface area (Å²) >= 11 is 7.00. The highest BCUT2D eigenvalue weighted by Gasteiger charge is 2.25. The number of Topliss-reactive ketones (excluding diaryl/α,β-unsaturated/α-hetero) is 1. The summed E-state index contributed by atoms with van der Waals surface area (Å²) in [4.78, 5) is 12.1. The van der Waals surface area contributed by atoms with Crippen molar-refractivity contribution in [2.24, 2.45) is 0 Å². The zero-order chi connectivity index (χ0) is 13.1. The minimum atomic E-state index is -1.17. The highest BCUT2D eigenvalue weighted by atomic mass is 35.5. The fraction of sp³-hybridized carbons (Fsp3) is 0.0769. The van der Waals surface area contributed by atoms with Crippen LogP contribution in [0.25, 0.3) is 0 Å². The third-order valence-corrected chi connectivity index (χ3v) is 3.46. The maximum atomic E-state index is 13.8. The topological polar surface area (TPSA) is 40.9 Å². The van der Waals surface area contributed by atoms with Crippen molar-refractivity contribution >= 4 is 28.7 Å². The molecule has 0 spiro atoms. The zero-order valence-electron chi connectivity index (χ0n) is 9.06. The number of ketones is 1. The molecule has 0 aliphatic heterocycles. The Balaban J connectivity index is 2.44. The molecule has 1 unspecified atom stereocenters. The van der Waals surface area contributed by atoms with Crippen LogP contribution in [0.5, 0.6) is 0 Å². The molecular weight excluding hydrogens is 273 g/mol. The molecule has 2 nitrogen and oxygen atoms in total. The predicted octanol–water partition coefficient (Wildman–Crippen LogP) is 4.03. The highest BCUT2D eigenvalue weighted by Crippen LogP contribution is 2.27. The van der Waals surface area contributed by atoms with E-state index in [1.165, 1.54) is 29.5 Å². The number of rotatable bonds is 3. The van der Waals surface area contributed by atoms with Gasteiger partial charge in [-0.1, -0.05) is 23.7 Å². The molecule has 0 fully saturated rings. The van der Waals surface area contributed by atoms with Crippen LogP contribution in [0.3, 0.4) is 0 Å². The lowest BCUT2D eigenvalue weighted by Crippen LogP contribution is -2.12. The van der Waals surface area contributed by atoms with Gasteiger partial charge in [0.25, 0.3) is 0 Å². The predicted molar refractivity (Wildman–Crippen MR) is 68.4 cm³/mol. The number of hydrogen-bond donors (Lipinski definition) is 0. The van der Waals surface area contributed by atoms with Crippen molar-refractivity contribution in [3.05, 3.63) is 57.0 Å². The van der Waals surface area contributed by atoms with E-state index in [-0.39, 0.29) is 10.6 Å². The quantitative estimate of drug-likeness (QED) is 0.796. The molecule has 0 aliphatic carbocycles. The minimum Gasteiger partial charge on any atom is -0.292 e. The summed E-state index contributed by atoms with van der Waals surface area (Å²) in [6.45, 7) is 0. The molecule has 0 aliphatic rings. The molecule has 1 heterocycles. The molecule has 1 atom stereocenters. The first-order valence-corrected chi connectivity index (χ1v) is 6.37. The van der Waals surface area contributed by atoms with E-state index in [1.54, 1.807) is 16.8 Å². The van der Waals surface area contributed by atoms with Gasteiger partial charge >= 0.3 is 0 Å². The van der Waals surface area contributed by atoms with Crippen LogP contribution in [0.1, 0.15) is 21.8 Å². The molecule has 90 valence electrons. The number of benzene rings is 1. The number of carbonyl (C=O) groups is 1. The van der Waals surface area contributed by atoms with Gasteiger partial charge in [0.15, 0.2) is 5.78 Å². The number of thiophene rings is 1. The average molecular weight is 280 g/mol. The van der Waals surface area contributed by atoms with Crippen molar-refractivity contribution < 1.29 is 9.18 Å². The first-order chi connectivity index (χ1) is 8.65. The lowest BCUT2D eigenvalue weighted by molar-refractivity contribution is 0.0978. The second-order valence-corrected chi connectivity index (χ2v) is 4.77. The Morgan fingerprint density at radius 1 is 1.44 bits per heavy atom. The molecule has 2 aromatic rings. The van der Waals surface area contributed by atoms with Gasteiger partial charge in [-0.05, 0) is 17.5 Å². The molecule has 18 heavy (non-hydrogen) atoms. The van der Waals surface area contributed by atoms with E-state index in [4.69, 9.17) is 16.9 Å². The van der Waals surface area contributed by atoms with Crippen LogP contribution < -0.4 is 0 Å². The summed E-state index contributed by atoms with van der Waals surface area (Å²) in [6.07, 6.45) is 0. The van der Waals surface area contributed by atoms with E-state index in [9.17, 15) is 9.18 Å². The number of carbonyl (C=O) groups excluding carboxylic acids is 1. The summed E-state index contributed by atoms with van der Waals surface area (Å²) < 4.78 is 13.8. The molecule has 0 saturated carbocycles. The van der Waals surface area contributed by atoms with Gasteiger partial charge in [-0.3, -0.25) is 4.79 Å². The van der Waals surface area contributed by atoms with Crippen LogP contribution in [0.15, 0.2) is 35.0 Å². The van der Waals surface area contributed by atoms with Crippen molar-refractivity contribution in [2.75, 3.05) is 0 Å².